The quantitative estimate of drug-likeness (QED) is 0.645. The van der Waals surface area contributed by atoms with Crippen molar-refractivity contribution in [3.05, 3.63) is 40.8 Å². The van der Waals surface area contributed by atoms with Crippen LogP contribution in [0.5, 0.6) is 5.75 Å². The maximum absolute atomic E-state index is 12.2. The Morgan fingerprint density at radius 1 is 1.27 bits per heavy atom. The molecule has 0 radical (unpaired) electrons. The fourth-order valence-electron chi connectivity index (χ4n) is 2.38. The molecule has 1 atom stereocenters. The number of fused-ring (bicyclic) bond motifs is 1. The molecule has 0 aliphatic rings. The van der Waals surface area contributed by atoms with E-state index in [1.807, 2.05) is 0 Å². The van der Waals surface area contributed by atoms with E-state index in [0.717, 1.165) is 12.1 Å². The number of anilines is 1. The molecule has 11 heteroatoms. The monoisotopic (exact) mass is 431 g/mol. The van der Waals surface area contributed by atoms with Crippen molar-refractivity contribution in [1.82, 2.24) is 19.7 Å². The van der Waals surface area contributed by atoms with Gasteiger partial charge in [-0.3, -0.25) is 0 Å². The van der Waals surface area contributed by atoms with Gasteiger partial charge in [0.15, 0.2) is 5.65 Å². The van der Waals surface area contributed by atoms with Gasteiger partial charge in [-0.15, -0.1) is 13.2 Å². The van der Waals surface area contributed by atoms with Crippen LogP contribution >= 0.6 is 15.9 Å². The summed E-state index contributed by atoms with van der Waals surface area (Å²) in [6, 6.07) is 5.02. The molecule has 0 saturated heterocycles. The van der Waals surface area contributed by atoms with Crippen molar-refractivity contribution in [3.8, 4) is 5.75 Å². The van der Waals surface area contributed by atoms with Gasteiger partial charge in [0.25, 0.3) is 0 Å². The number of aromatic nitrogens is 4. The minimum Gasteiger partial charge on any atom is -0.406 e. The molecule has 0 bridgehead atoms. The molecule has 3 aromatic rings. The summed E-state index contributed by atoms with van der Waals surface area (Å²) in [7, 11) is 1.74. The molecule has 138 valence electrons. The number of aliphatic hydroxyl groups is 1. The second kappa shape index (κ2) is 7.08. The number of nitrogens with one attached hydrogen (secondary N) is 1. The molecule has 1 aromatic carbocycles. The molecule has 1 unspecified atom stereocenters. The van der Waals surface area contributed by atoms with Crippen molar-refractivity contribution in [2.24, 2.45) is 7.05 Å². The van der Waals surface area contributed by atoms with E-state index in [4.69, 9.17) is 0 Å². The third kappa shape index (κ3) is 4.05. The van der Waals surface area contributed by atoms with E-state index in [9.17, 15) is 18.3 Å². The lowest BCUT2D eigenvalue weighted by Gasteiger charge is -2.14. The minimum atomic E-state index is -4.75. The average Bonchev–Trinajstić information content (AvgIpc) is 2.87. The summed E-state index contributed by atoms with van der Waals surface area (Å²) in [5, 5.41) is 18.1. The van der Waals surface area contributed by atoms with Crippen LogP contribution < -0.4 is 10.1 Å². The molecule has 2 N–H and O–H groups in total. The molecule has 0 aliphatic carbocycles. The number of halogens is 4. The predicted molar refractivity (Wildman–Crippen MR) is 90.6 cm³/mol. The van der Waals surface area contributed by atoms with Gasteiger partial charge in [-0.05, 0) is 33.6 Å². The Balaban J connectivity index is 1.70. The zero-order valence-corrected chi connectivity index (χ0v) is 14.9. The van der Waals surface area contributed by atoms with Gasteiger partial charge in [0, 0.05) is 13.6 Å². The molecule has 0 spiro atoms. The summed E-state index contributed by atoms with van der Waals surface area (Å²) < 4.78 is 42.4. The third-order valence-electron chi connectivity index (χ3n) is 3.54. The van der Waals surface area contributed by atoms with E-state index in [-0.39, 0.29) is 12.3 Å². The summed E-state index contributed by atoms with van der Waals surface area (Å²) in [6.07, 6.45) is -4.35. The number of ether oxygens (including phenoxy) is 1. The second-order valence-corrected chi connectivity index (χ2v) is 6.10. The lowest BCUT2D eigenvalue weighted by atomic mass is 10.1. The standard InChI is InChI=1S/C15H13BrF3N5O2/c1-24-14-11(12(16)23-24)13(21-7-22-14)20-6-10(25)8-2-4-9(5-3-8)26-15(17,18)19/h2-5,7,10,25H,6H2,1H3,(H,20,21,22). The van der Waals surface area contributed by atoms with Crippen molar-refractivity contribution in [2.75, 3.05) is 11.9 Å². The highest BCUT2D eigenvalue weighted by Gasteiger charge is 2.31. The number of benzene rings is 1. The second-order valence-electron chi connectivity index (χ2n) is 5.35. The Labute approximate surface area is 153 Å². The first-order valence-electron chi connectivity index (χ1n) is 7.35. The molecular weight excluding hydrogens is 419 g/mol. The van der Waals surface area contributed by atoms with Gasteiger partial charge in [0.05, 0.1) is 11.5 Å². The van der Waals surface area contributed by atoms with Crippen LogP contribution in [0.25, 0.3) is 11.0 Å². The van der Waals surface area contributed by atoms with Gasteiger partial charge in [0.1, 0.15) is 22.5 Å². The number of aryl methyl sites for hydroxylation is 1. The molecule has 26 heavy (non-hydrogen) atoms. The molecule has 0 fully saturated rings. The molecule has 0 saturated carbocycles. The van der Waals surface area contributed by atoms with Crippen LogP contribution in [0.3, 0.4) is 0 Å². The molecule has 2 aromatic heterocycles. The fourth-order valence-corrected chi connectivity index (χ4v) is 2.98. The van der Waals surface area contributed by atoms with Crippen LogP contribution in [-0.2, 0) is 7.05 Å². The fraction of sp³-hybridized carbons (Fsp3) is 0.267. The van der Waals surface area contributed by atoms with E-state index < -0.39 is 12.5 Å². The van der Waals surface area contributed by atoms with E-state index >= 15 is 0 Å². The molecule has 0 amide bonds. The van der Waals surface area contributed by atoms with Crippen molar-refractivity contribution < 1.29 is 23.0 Å². The lowest BCUT2D eigenvalue weighted by molar-refractivity contribution is -0.274. The highest BCUT2D eigenvalue weighted by molar-refractivity contribution is 9.10. The Morgan fingerprint density at radius 2 is 1.96 bits per heavy atom. The molecule has 2 heterocycles. The highest BCUT2D eigenvalue weighted by Crippen LogP contribution is 2.28. The minimum absolute atomic E-state index is 0.0902. The smallest absolute Gasteiger partial charge is 0.406 e. The first-order valence-corrected chi connectivity index (χ1v) is 8.15. The summed E-state index contributed by atoms with van der Waals surface area (Å²) in [5.41, 5.74) is 1.04. The van der Waals surface area contributed by atoms with Crippen molar-refractivity contribution in [2.45, 2.75) is 12.5 Å². The molecule has 7 nitrogen and oxygen atoms in total. The maximum Gasteiger partial charge on any atom is 0.573 e. The van der Waals surface area contributed by atoms with Gasteiger partial charge in [-0.2, -0.15) is 5.10 Å². The van der Waals surface area contributed by atoms with Gasteiger partial charge < -0.3 is 15.2 Å². The maximum atomic E-state index is 12.2. The van der Waals surface area contributed by atoms with Crippen LogP contribution in [0.15, 0.2) is 35.2 Å². The molecule has 3 rings (SSSR count). The Bertz CT molecular complexity index is 914. The Kier molecular flexibility index (Phi) is 5.01. The van der Waals surface area contributed by atoms with Crippen molar-refractivity contribution >= 4 is 32.8 Å². The van der Waals surface area contributed by atoms with E-state index in [2.05, 4.69) is 41.1 Å². The lowest BCUT2D eigenvalue weighted by Crippen LogP contribution is -2.17. The summed E-state index contributed by atoms with van der Waals surface area (Å²) in [4.78, 5) is 8.28. The van der Waals surface area contributed by atoms with Gasteiger partial charge >= 0.3 is 6.36 Å². The third-order valence-corrected chi connectivity index (χ3v) is 4.09. The number of rotatable bonds is 5. The van der Waals surface area contributed by atoms with Crippen LogP contribution in [0, 0.1) is 0 Å². The van der Waals surface area contributed by atoms with Crippen molar-refractivity contribution in [3.63, 3.8) is 0 Å². The highest BCUT2D eigenvalue weighted by atomic mass is 79.9. The molecular formula is C15H13BrF3N5O2. The Morgan fingerprint density at radius 3 is 2.62 bits per heavy atom. The van der Waals surface area contributed by atoms with Gasteiger partial charge in [-0.25, -0.2) is 14.6 Å². The number of nitrogens with zero attached hydrogens (tertiary/aromatic N) is 4. The Hall–Kier alpha value is -2.40. The summed E-state index contributed by atoms with van der Waals surface area (Å²) in [5.74, 6) is 0.129. The summed E-state index contributed by atoms with van der Waals surface area (Å²) in [6.45, 7) is 0.0902. The van der Waals surface area contributed by atoms with Crippen LogP contribution in [0.1, 0.15) is 11.7 Å². The first-order chi connectivity index (χ1) is 12.2. The normalized spacial score (nSPS) is 13.0. The van der Waals surface area contributed by atoms with Crippen molar-refractivity contribution in [1.29, 1.82) is 0 Å². The van der Waals surface area contributed by atoms with Crippen LogP contribution in [-0.4, -0.2) is 37.8 Å². The molecule has 0 aliphatic heterocycles. The average molecular weight is 432 g/mol. The zero-order valence-electron chi connectivity index (χ0n) is 13.3. The number of hydrogen-bond acceptors (Lipinski definition) is 6. The van der Waals surface area contributed by atoms with E-state index in [1.54, 1.807) is 11.7 Å². The zero-order chi connectivity index (χ0) is 18.9. The number of aliphatic hydroxyl groups excluding tert-OH is 1. The number of hydrogen-bond donors (Lipinski definition) is 2. The first kappa shape index (κ1) is 18.4. The summed E-state index contributed by atoms with van der Waals surface area (Å²) >= 11 is 3.33. The van der Waals surface area contributed by atoms with Gasteiger partial charge in [-0.1, -0.05) is 12.1 Å². The predicted octanol–water partition coefficient (Wildman–Crippen LogP) is 3.17. The number of alkyl halides is 3. The van der Waals surface area contributed by atoms with E-state index in [1.165, 1.54) is 18.5 Å². The van der Waals surface area contributed by atoms with Crippen LogP contribution in [0.2, 0.25) is 0 Å². The SMILES string of the molecule is Cn1nc(Br)c2c(NCC(O)c3ccc(OC(F)(F)F)cc3)ncnc21. The largest absolute Gasteiger partial charge is 0.573 e. The van der Waals surface area contributed by atoms with Gasteiger partial charge in [0.2, 0.25) is 0 Å². The van der Waals surface area contributed by atoms with E-state index in [0.29, 0.717) is 27.0 Å². The van der Waals surface area contributed by atoms with Crippen LogP contribution in [0.4, 0.5) is 19.0 Å². The topological polar surface area (TPSA) is 85.1 Å².